The predicted octanol–water partition coefficient (Wildman–Crippen LogP) is 1.84. The Balaban J connectivity index is 2.21. The van der Waals surface area contributed by atoms with Crippen LogP contribution in [-0.4, -0.2) is 23.1 Å². The van der Waals surface area contributed by atoms with Crippen LogP contribution in [0.2, 0.25) is 0 Å². The van der Waals surface area contributed by atoms with Crippen LogP contribution in [-0.2, 0) is 11.2 Å². The fourth-order valence-electron chi connectivity index (χ4n) is 2.33. The van der Waals surface area contributed by atoms with E-state index >= 15 is 0 Å². The number of ether oxygens (including phenoxy) is 1. The van der Waals surface area contributed by atoms with Crippen LogP contribution in [0.25, 0.3) is 0 Å². The first-order valence-electron chi connectivity index (χ1n) is 6.38. The average Bonchev–Trinajstić information content (AvgIpc) is 2.81. The normalized spacial score (nSPS) is 19.8. The summed E-state index contributed by atoms with van der Waals surface area (Å²) in [6.45, 7) is 5.66. The van der Waals surface area contributed by atoms with Gasteiger partial charge in [-0.25, -0.2) is 9.97 Å². The molecule has 0 bridgehead atoms. The molecule has 4 nitrogen and oxygen atoms in total. The molecule has 2 heterocycles. The van der Waals surface area contributed by atoms with E-state index in [1.165, 1.54) is 5.56 Å². The third-order valence-electron chi connectivity index (χ3n) is 3.29. The molecule has 0 aliphatic carbocycles. The Bertz CT molecular complexity index is 363. The highest BCUT2D eigenvalue weighted by Gasteiger charge is 2.21. The van der Waals surface area contributed by atoms with Gasteiger partial charge in [0, 0.05) is 18.0 Å². The van der Waals surface area contributed by atoms with Crippen LogP contribution in [0.3, 0.4) is 0 Å². The van der Waals surface area contributed by atoms with E-state index in [9.17, 15) is 0 Å². The Morgan fingerprint density at radius 2 is 2.00 bits per heavy atom. The van der Waals surface area contributed by atoms with Crippen molar-refractivity contribution in [3.05, 3.63) is 22.8 Å². The molecular formula is C13H21N3O. The first-order valence-corrected chi connectivity index (χ1v) is 6.38. The van der Waals surface area contributed by atoms with Crippen molar-refractivity contribution in [3.63, 3.8) is 0 Å². The summed E-state index contributed by atoms with van der Waals surface area (Å²) >= 11 is 0. The van der Waals surface area contributed by atoms with Gasteiger partial charge in [0.1, 0.15) is 6.10 Å². The van der Waals surface area contributed by atoms with E-state index < -0.39 is 0 Å². The van der Waals surface area contributed by atoms with Gasteiger partial charge in [-0.15, -0.1) is 0 Å². The molecular weight excluding hydrogens is 214 g/mol. The van der Waals surface area contributed by atoms with Crippen molar-refractivity contribution in [2.45, 2.75) is 45.6 Å². The number of nitrogens with two attached hydrogens (primary N) is 1. The Labute approximate surface area is 103 Å². The lowest BCUT2D eigenvalue weighted by atomic mass is 10.1. The molecule has 1 aliphatic heterocycles. The quantitative estimate of drug-likeness (QED) is 0.865. The van der Waals surface area contributed by atoms with Crippen LogP contribution in [0.4, 0.5) is 0 Å². The van der Waals surface area contributed by atoms with Gasteiger partial charge in [-0.1, -0.05) is 0 Å². The number of nitrogens with zero attached hydrogens (tertiary/aromatic N) is 2. The lowest BCUT2D eigenvalue weighted by Crippen LogP contribution is -2.10. The second-order valence-electron chi connectivity index (χ2n) is 4.63. The number of aryl methyl sites for hydroxylation is 2. The molecule has 1 aromatic rings. The van der Waals surface area contributed by atoms with E-state index in [0.29, 0.717) is 6.54 Å². The molecule has 0 saturated carbocycles. The van der Waals surface area contributed by atoms with Crippen molar-refractivity contribution in [1.82, 2.24) is 9.97 Å². The molecule has 94 valence electrons. The third-order valence-corrected chi connectivity index (χ3v) is 3.29. The average molecular weight is 235 g/mol. The van der Waals surface area contributed by atoms with Crippen molar-refractivity contribution in [3.8, 4) is 0 Å². The van der Waals surface area contributed by atoms with Crippen molar-refractivity contribution >= 4 is 0 Å². The van der Waals surface area contributed by atoms with Crippen molar-refractivity contribution in [2.75, 3.05) is 13.2 Å². The highest BCUT2D eigenvalue weighted by molar-refractivity contribution is 5.25. The topological polar surface area (TPSA) is 61.0 Å². The first kappa shape index (κ1) is 12.5. The number of hydrogen-bond acceptors (Lipinski definition) is 4. The Morgan fingerprint density at radius 1 is 1.29 bits per heavy atom. The SMILES string of the molecule is Cc1nc(C2CCCO2)nc(C)c1CCCN. The van der Waals surface area contributed by atoms with Gasteiger partial charge in [0.2, 0.25) is 0 Å². The molecule has 0 amide bonds. The minimum atomic E-state index is 0.107. The van der Waals surface area contributed by atoms with E-state index in [2.05, 4.69) is 23.8 Å². The van der Waals surface area contributed by atoms with Crippen molar-refractivity contribution in [1.29, 1.82) is 0 Å². The van der Waals surface area contributed by atoms with Crippen LogP contribution in [0, 0.1) is 13.8 Å². The second-order valence-corrected chi connectivity index (χ2v) is 4.63. The van der Waals surface area contributed by atoms with Gasteiger partial charge in [0.05, 0.1) is 0 Å². The maximum Gasteiger partial charge on any atom is 0.157 e. The zero-order chi connectivity index (χ0) is 12.3. The molecule has 1 unspecified atom stereocenters. The van der Waals surface area contributed by atoms with Gasteiger partial charge in [-0.3, -0.25) is 0 Å². The number of aromatic nitrogens is 2. The maximum absolute atomic E-state index is 5.62. The smallest absolute Gasteiger partial charge is 0.157 e. The molecule has 2 N–H and O–H groups in total. The highest BCUT2D eigenvalue weighted by Crippen LogP contribution is 2.27. The molecule has 1 aromatic heterocycles. The summed E-state index contributed by atoms with van der Waals surface area (Å²) in [5, 5.41) is 0. The maximum atomic E-state index is 5.62. The minimum Gasteiger partial charge on any atom is -0.370 e. The monoisotopic (exact) mass is 235 g/mol. The Morgan fingerprint density at radius 3 is 2.53 bits per heavy atom. The van der Waals surface area contributed by atoms with Gasteiger partial charge >= 0.3 is 0 Å². The number of hydrogen-bond donors (Lipinski definition) is 1. The lowest BCUT2D eigenvalue weighted by Gasteiger charge is -2.13. The van der Waals surface area contributed by atoms with E-state index in [0.717, 1.165) is 49.5 Å². The van der Waals surface area contributed by atoms with E-state index in [4.69, 9.17) is 10.5 Å². The molecule has 1 aliphatic rings. The summed E-state index contributed by atoms with van der Waals surface area (Å²) in [6.07, 6.45) is 4.22. The van der Waals surface area contributed by atoms with Gasteiger partial charge in [-0.05, 0) is 51.6 Å². The van der Waals surface area contributed by atoms with Crippen LogP contribution in [0.1, 0.15) is 48.1 Å². The Hall–Kier alpha value is -1.00. The molecule has 0 spiro atoms. The number of rotatable bonds is 4. The second kappa shape index (κ2) is 5.56. The van der Waals surface area contributed by atoms with Gasteiger partial charge in [0.15, 0.2) is 5.82 Å². The molecule has 4 heteroatoms. The molecule has 0 aromatic carbocycles. The standard InChI is InChI=1S/C13H21N3O/c1-9-11(5-3-7-14)10(2)16-13(15-9)12-6-4-8-17-12/h12H,3-8,14H2,1-2H3. The zero-order valence-corrected chi connectivity index (χ0v) is 10.7. The van der Waals surface area contributed by atoms with Crippen LogP contribution in [0.15, 0.2) is 0 Å². The predicted molar refractivity (Wildman–Crippen MR) is 66.8 cm³/mol. The molecule has 2 rings (SSSR count). The molecule has 0 radical (unpaired) electrons. The van der Waals surface area contributed by atoms with Crippen LogP contribution >= 0.6 is 0 Å². The fraction of sp³-hybridized carbons (Fsp3) is 0.692. The van der Waals surface area contributed by atoms with Crippen LogP contribution < -0.4 is 5.73 Å². The van der Waals surface area contributed by atoms with E-state index in [1.54, 1.807) is 0 Å². The molecule has 1 saturated heterocycles. The lowest BCUT2D eigenvalue weighted by molar-refractivity contribution is 0.104. The van der Waals surface area contributed by atoms with E-state index in [1.807, 2.05) is 0 Å². The summed E-state index contributed by atoms with van der Waals surface area (Å²) in [5.41, 5.74) is 8.95. The summed E-state index contributed by atoms with van der Waals surface area (Å²) in [6, 6.07) is 0. The summed E-state index contributed by atoms with van der Waals surface area (Å²) < 4.78 is 5.62. The Kier molecular flexibility index (Phi) is 4.07. The highest BCUT2D eigenvalue weighted by atomic mass is 16.5. The van der Waals surface area contributed by atoms with Gasteiger partial charge < -0.3 is 10.5 Å². The summed E-state index contributed by atoms with van der Waals surface area (Å²) in [4.78, 5) is 9.18. The van der Waals surface area contributed by atoms with Gasteiger partial charge in [-0.2, -0.15) is 0 Å². The summed E-state index contributed by atoms with van der Waals surface area (Å²) in [5.74, 6) is 0.856. The van der Waals surface area contributed by atoms with Gasteiger partial charge in [0.25, 0.3) is 0 Å². The fourth-order valence-corrected chi connectivity index (χ4v) is 2.33. The third kappa shape index (κ3) is 2.82. The summed E-state index contributed by atoms with van der Waals surface area (Å²) in [7, 11) is 0. The minimum absolute atomic E-state index is 0.107. The molecule has 1 atom stereocenters. The van der Waals surface area contributed by atoms with Crippen molar-refractivity contribution < 1.29 is 4.74 Å². The largest absolute Gasteiger partial charge is 0.370 e. The first-order chi connectivity index (χ1) is 8.22. The van der Waals surface area contributed by atoms with Crippen LogP contribution in [0.5, 0.6) is 0 Å². The zero-order valence-electron chi connectivity index (χ0n) is 10.7. The molecule has 17 heavy (non-hydrogen) atoms. The van der Waals surface area contributed by atoms with Crippen molar-refractivity contribution in [2.24, 2.45) is 5.73 Å². The molecule has 1 fully saturated rings. The van der Waals surface area contributed by atoms with E-state index in [-0.39, 0.29) is 6.10 Å².